The molecule has 5 heteroatoms. The summed E-state index contributed by atoms with van der Waals surface area (Å²) in [5.74, 6) is 0. The molecule has 1 unspecified atom stereocenters. The summed E-state index contributed by atoms with van der Waals surface area (Å²) in [7, 11) is 0. The van der Waals surface area contributed by atoms with Crippen LogP contribution in [0.5, 0.6) is 0 Å². The highest BCUT2D eigenvalue weighted by Crippen LogP contribution is 2.27. The van der Waals surface area contributed by atoms with Gasteiger partial charge in [-0.15, -0.1) is 0 Å². The maximum absolute atomic E-state index is 12.2. The quantitative estimate of drug-likeness (QED) is 0.641. The summed E-state index contributed by atoms with van der Waals surface area (Å²) in [6, 6.07) is 7.29. The fourth-order valence-electron chi connectivity index (χ4n) is 1.78. The highest BCUT2D eigenvalue weighted by atomic mass is 19.3. The molecule has 0 saturated carbocycles. The molecule has 1 aliphatic carbocycles. The molecule has 0 radical (unpaired) electrons. The molecule has 2 rings (SSSR count). The van der Waals surface area contributed by atoms with E-state index in [-0.39, 0.29) is 6.42 Å². The number of rotatable bonds is 3. The molecule has 0 bridgehead atoms. The van der Waals surface area contributed by atoms with E-state index in [9.17, 15) is 8.78 Å². The first kappa shape index (κ1) is 12.7. The Morgan fingerprint density at radius 2 is 1.89 bits per heavy atom. The second-order valence-corrected chi connectivity index (χ2v) is 4.15. The third-order valence-electron chi connectivity index (χ3n) is 2.74. The minimum absolute atomic E-state index is 0.202. The zero-order valence-corrected chi connectivity index (χ0v) is 9.64. The van der Waals surface area contributed by atoms with Gasteiger partial charge in [0.1, 0.15) is 5.72 Å². The normalized spacial score (nSPS) is 23.2. The molecule has 1 aliphatic rings. The standard InChI is InChI=1S/C13H14F2N2O/c14-12(15)18-13(17)7-5-10(6-8-13)9-1-3-11(16)4-2-9/h1-7,12H,8,16-17H2. The lowest BCUT2D eigenvalue weighted by molar-refractivity contribution is -0.189. The van der Waals surface area contributed by atoms with Crippen molar-refractivity contribution in [2.45, 2.75) is 18.8 Å². The molecule has 0 spiro atoms. The van der Waals surface area contributed by atoms with Gasteiger partial charge in [-0.2, -0.15) is 8.78 Å². The Bertz CT molecular complexity index is 482. The van der Waals surface area contributed by atoms with Gasteiger partial charge in [0.05, 0.1) is 0 Å². The van der Waals surface area contributed by atoms with Crippen LogP contribution in [-0.4, -0.2) is 12.3 Å². The predicted octanol–water partition coefficient (Wildman–Crippen LogP) is 2.51. The largest absolute Gasteiger partial charge is 0.399 e. The number of hydrogen-bond donors (Lipinski definition) is 2. The van der Waals surface area contributed by atoms with Crippen LogP contribution in [0.15, 0.2) is 42.5 Å². The first-order valence-electron chi connectivity index (χ1n) is 5.49. The number of hydrogen-bond acceptors (Lipinski definition) is 3. The second kappa shape index (κ2) is 4.88. The van der Waals surface area contributed by atoms with Crippen LogP contribution in [0.1, 0.15) is 12.0 Å². The Morgan fingerprint density at radius 1 is 1.22 bits per heavy atom. The van der Waals surface area contributed by atoms with Crippen LogP contribution in [-0.2, 0) is 4.74 Å². The minimum atomic E-state index is -2.88. The molecule has 96 valence electrons. The Hall–Kier alpha value is -1.72. The van der Waals surface area contributed by atoms with Crippen LogP contribution in [0, 0.1) is 0 Å². The van der Waals surface area contributed by atoms with Gasteiger partial charge >= 0.3 is 6.61 Å². The van der Waals surface area contributed by atoms with E-state index < -0.39 is 12.3 Å². The lowest BCUT2D eigenvalue weighted by Gasteiger charge is -2.27. The topological polar surface area (TPSA) is 61.3 Å². The number of alkyl halides is 2. The van der Waals surface area contributed by atoms with Gasteiger partial charge in [0.25, 0.3) is 0 Å². The number of ether oxygens (including phenoxy) is 1. The first-order chi connectivity index (χ1) is 8.48. The van der Waals surface area contributed by atoms with Crippen LogP contribution >= 0.6 is 0 Å². The van der Waals surface area contributed by atoms with Crippen LogP contribution < -0.4 is 11.5 Å². The number of halogens is 2. The summed E-state index contributed by atoms with van der Waals surface area (Å²) in [5, 5.41) is 0. The fourth-order valence-corrected chi connectivity index (χ4v) is 1.78. The van der Waals surface area contributed by atoms with Gasteiger partial charge in [0.2, 0.25) is 0 Å². The van der Waals surface area contributed by atoms with Crippen LogP contribution in [0.3, 0.4) is 0 Å². The molecule has 18 heavy (non-hydrogen) atoms. The van der Waals surface area contributed by atoms with Gasteiger partial charge in [0, 0.05) is 12.1 Å². The second-order valence-electron chi connectivity index (χ2n) is 4.15. The van der Waals surface area contributed by atoms with Crippen molar-refractivity contribution in [1.29, 1.82) is 0 Å². The Balaban J connectivity index is 2.12. The molecule has 4 N–H and O–H groups in total. The zero-order chi connectivity index (χ0) is 13.2. The number of allylic oxidation sites excluding steroid dienone is 2. The predicted molar refractivity (Wildman–Crippen MR) is 66.6 cm³/mol. The molecule has 0 fully saturated rings. The third-order valence-corrected chi connectivity index (χ3v) is 2.74. The number of anilines is 1. The molecule has 0 amide bonds. The van der Waals surface area contributed by atoms with Crippen molar-refractivity contribution < 1.29 is 13.5 Å². The molecule has 0 saturated heterocycles. The van der Waals surface area contributed by atoms with E-state index >= 15 is 0 Å². The van der Waals surface area contributed by atoms with Crippen LogP contribution in [0.4, 0.5) is 14.5 Å². The fraction of sp³-hybridized carbons (Fsp3) is 0.231. The summed E-state index contributed by atoms with van der Waals surface area (Å²) in [6.45, 7) is -2.88. The molecule has 0 aliphatic heterocycles. The van der Waals surface area contributed by atoms with E-state index in [0.717, 1.165) is 11.1 Å². The molecule has 1 atom stereocenters. The molecular formula is C13H14F2N2O. The van der Waals surface area contributed by atoms with E-state index in [0.29, 0.717) is 5.69 Å². The van der Waals surface area contributed by atoms with Gasteiger partial charge < -0.3 is 5.73 Å². The van der Waals surface area contributed by atoms with Crippen LogP contribution in [0.2, 0.25) is 0 Å². The van der Waals surface area contributed by atoms with Gasteiger partial charge in [-0.25, -0.2) is 0 Å². The monoisotopic (exact) mass is 252 g/mol. The van der Waals surface area contributed by atoms with E-state index in [4.69, 9.17) is 11.5 Å². The van der Waals surface area contributed by atoms with Crippen molar-refractivity contribution in [2.24, 2.45) is 5.73 Å². The summed E-state index contributed by atoms with van der Waals surface area (Å²) in [5.41, 5.74) is 12.4. The van der Waals surface area contributed by atoms with Gasteiger partial charge in [-0.1, -0.05) is 24.3 Å². The molecule has 1 aromatic carbocycles. The van der Waals surface area contributed by atoms with Crippen LogP contribution in [0.25, 0.3) is 5.57 Å². The number of benzene rings is 1. The van der Waals surface area contributed by atoms with E-state index in [1.54, 1.807) is 24.3 Å². The third kappa shape index (κ3) is 2.94. The van der Waals surface area contributed by atoms with Crippen molar-refractivity contribution in [3.05, 3.63) is 48.1 Å². The molecule has 3 nitrogen and oxygen atoms in total. The summed E-state index contributed by atoms with van der Waals surface area (Å²) in [4.78, 5) is 0. The summed E-state index contributed by atoms with van der Waals surface area (Å²) < 4.78 is 28.7. The highest BCUT2D eigenvalue weighted by molar-refractivity contribution is 5.76. The maximum atomic E-state index is 12.2. The summed E-state index contributed by atoms with van der Waals surface area (Å²) in [6.07, 6.45) is 5.10. The average Bonchev–Trinajstić information content (AvgIpc) is 2.30. The van der Waals surface area contributed by atoms with Gasteiger partial charge in [-0.05, 0) is 29.3 Å². The average molecular weight is 252 g/mol. The zero-order valence-electron chi connectivity index (χ0n) is 9.64. The lowest BCUT2D eigenvalue weighted by Crippen LogP contribution is -2.42. The van der Waals surface area contributed by atoms with Crippen molar-refractivity contribution in [3.63, 3.8) is 0 Å². The van der Waals surface area contributed by atoms with Crippen molar-refractivity contribution in [1.82, 2.24) is 0 Å². The Labute approximate surface area is 104 Å². The number of nitrogens with two attached hydrogens (primary N) is 2. The number of nitrogen functional groups attached to an aromatic ring is 1. The van der Waals surface area contributed by atoms with E-state index in [1.165, 1.54) is 6.08 Å². The van der Waals surface area contributed by atoms with E-state index in [1.807, 2.05) is 12.1 Å². The SMILES string of the molecule is Nc1ccc(C2=CCC(N)(OC(F)F)C=C2)cc1. The highest BCUT2D eigenvalue weighted by Gasteiger charge is 2.28. The molecule has 0 heterocycles. The van der Waals surface area contributed by atoms with Gasteiger partial charge in [-0.3, -0.25) is 10.5 Å². The molecule has 0 aromatic heterocycles. The maximum Gasteiger partial charge on any atom is 0.347 e. The Kier molecular flexibility index (Phi) is 3.45. The van der Waals surface area contributed by atoms with Crippen molar-refractivity contribution in [3.8, 4) is 0 Å². The van der Waals surface area contributed by atoms with Crippen molar-refractivity contribution >= 4 is 11.3 Å². The minimum Gasteiger partial charge on any atom is -0.399 e. The molecular weight excluding hydrogens is 238 g/mol. The summed E-state index contributed by atoms with van der Waals surface area (Å²) >= 11 is 0. The van der Waals surface area contributed by atoms with E-state index in [2.05, 4.69) is 4.74 Å². The lowest BCUT2D eigenvalue weighted by atomic mass is 9.95. The smallest absolute Gasteiger partial charge is 0.347 e. The molecule has 1 aromatic rings. The van der Waals surface area contributed by atoms with Crippen molar-refractivity contribution in [2.75, 3.05) is 5.73 Å². The first-order valence-corrected chi connectivity index (χ1v) is 5.49. The Morgan fingerprint density at radius 3 is 2.39 bits per heavy atom. The van der Waals surface area contributed by atoms with Gasteiger partial charge in [0.15, 0.2) is 0 Å².